The largest absolute Gasteiger partial charge is 0.410 e. The summed E-state index contributed by atoms with van der Waals surface area (Å²) in [6, 6.07) is 8.56. The lowest BCUT2D eigenvalue weighted by atomic mass is 9.89. The number of allylic oxidation sites excluding steroid dienone is 2. The van der Waals surface area contributed by atoms with Gasteiger partial charge in [0.15, 0.2) is 8.32 Å². The monoisotopic (exact) mass is 286 g/mol. The molecule has 0 radical (unpaired) electrons. The normalized spacial score (nSPS) is 19.2. The predicted molar refractivity (Wildman–Crippen MR) is 90.3 cm³/mol. The summed E-state index contributed by atoms with van der Waals surface area (Å²) in [4.78, 5) is 0. The molecule has 1 aliphatic rings. The van der Waals surface area contributed by atoms with Gasteiger partial charge in [-0.2, -0.15) is 0 Å². The van der Waals surface area contributed by atoms with E-state index in [1.807, 2.05) is 6.08 Å². The van der Waals surface area contributed by atoms with Crippen molar-refractivity contribution in [2.75, 3.05) is 0 Å². The second-order valence-corrected chi connectivity index (χ2v) is 11.8. The molecule has 0 amide bonds. The Morgan fingerprint density at radius 1 is 1.25 bits per heavy atom. The lowest BCUT2D eigenvalue weighted by Gasteiger charge is -2.40. The van der Waals surface area contributed by atoms with Crippen molar-refractivity contribution >= 4 is 13.9 Å². The van der Waals surface area contributed by atoms with Crippen LogP contribution in [-0.4, -0.2) is 8.32 Å². The molecular weight excluding hydrogens is 260 g/mol. The zero-order chi connectivity index (χ0) is 15.0. The minimum atomic E-state index is -1.75. The van der Waals surface area contributed by atoms with E-state index >= 15 is 0 Å². The maximum Gasteiger partial charge on any atom is 0.192 e. The molecule has 0 aromatic heterocycles. The van der Waals surface area contributed by atoms with Crippen LogP contribution in [0.1, 0.15) is 44.4 Å². The summed E-state index contributed by atoms with van der Waals surface area (Å²) in [7, 11) is -1.75. The van der Waals surface area contributed by atoms with Gasteiger partial charge in [0.1, 0.15) is 0 Å². The van der Waals surface area contributed by atoms with E-state index in [0.29, 0.717) is 0 Å². The molecule has 108 valence electrons. The van der Waals surface area contributed by atoms with E-state index in [1.165, 1.54) is 16.7 Å². The van der Waals surface area contributed by atoms with Crippen LogP contribution in [0.25, 0.3) is 5.57 Å². The molecule has 1 nitrogen and oxygen atoms in total. The molecule has 0 N–H and O–H groups in total. The number of rotatable bonds is 3. The lowest BCUT2D eigenvalue weighted by Crippen LogP contribution is -2.42. The van der Waals surface area contributed by atoms with Crippen LogP contribution in [0.4, 0.5) is 0 Å². The summed E-state index contributed by atoms with van der Waals surface area (Å²) in [6.45, 7) is 15.4. The average molecular weight is 286 g/mol. The van der Waals surface area contributed by atoms with E-state index in [4.69, 9.17) is 4.43 Å². The third-order valence-corrected chi connectivity index (χ3v) is 9.12. The van der Waals surface area contributed by atoms with E-state index in [9.17, 15) is 0 Å². The quantitative estimate of drug-likeness (QED) is 0.645. The highest BCUT2D eigenvalue weighted by Gasteiger charge is 2.40. The standard InChI is InChI=1S/C18H26OSi/c1-7-14-12-13-17(16-11-9-8-10-15(14)16)19-20(5,6)18(2,3)4/h7-12,17H,1,13H2,2-6H3. The van der Waals surface area contributed by atoms with Gasteiger partial charge in [-0.25, -0.2) is 0 Å². The van der Waals surface area contributed by atoms with Gasteiger partial charge in [-0.1, -0.05) is 63.8 Å². The van der Waals surface area contributed by atoms with Crippen LogP contribution in [0, 0.1) is 0 Å². The first-order valence-corrected chi connectivity index (χ1v) is 10.3. The van der Waals surface area contributed by atoms with Crippen molar-refractivity contribution in [3.8, 4) is 0 Å². The first kappa shape index (κ1) is 15.3. The highest BCUT2D eigenvalue weighted by Crippen LogP contribution is 2.43. The molecule has 1 unspecified atom stereocenters. The van der Waals surface area contributed by atoms with Gasteiger partial charge in [-0.3, -0.25) is 0 Å². The summed E-state index contributed by atoms with van der Waals surface area (Å²) in [5.41, 5.74) is 3.82. The Kier molecular flexibility index (Phi) is 4.08. The second-order valence-electron chi connectivity index (χ2n) is 7.05. The van der Waals surface area contributed by atoms with Gasteiger partial charge < -0.3 is 4.43 Å². The minimum absolute atomic E-state index is 0.191. The third kappa shape index (κ3) is 2.81. The SMILES string of the molecule is C=CC1=CCC(O[Si](C)(C)C(C)(C)C)c2ccccc21. The molecule has 0 spiro atoms. The van der Waals surface area contributed by atoms with Crippen LogP contribution in [-0.2, 0) is 4.43 Å². The Hall–Kier alpha value is -1.12. The zero-order valence-corrected chi connectivity index (χ0v) is 14.4. The van der Waals surface area contributed by atoms with Crippen molar-refractivity contribution < 1.29 is 4.43 Å². The smallest absolute Gasteiger partial charge is 0.192 e. The van der Waals surface area contributed by atoms with Gasteiger partial charge in [-0.15, -0.1) is 0 Å². The summed E-state index contributed by atoms with van der Waals surface area (Å²) >= 11 is 0. The molecule has 1 aromatic rings. The van der Waals surface area contributed by atoms with Gasteiger partial charge in [0.05, 0.1) is 6.10 Å². The zero-order valence-electron chi connectivity index (χ0n) is 13.4. The fourth-order valence-electron chi connectivity index (χ4n) is 2.35. The molecule has 0 fully saturated rings. The molecule has 20 heavy (non-hydrogen) atoms. The number of benzene rings is 1. The van der Waals surface area contributed by atoms with Crippen molar-refractivity contribution in [2.45, 2.75) is 51.4 Å². The Labute approximate surface area is 124 Å². The number of fused-ring (bicyclic) bond motifs is 1. The molecule has 1 aromatic carbocycles. The topological polar surface area (TPSA) is 9.23 Å². The second kappa shape index (κ2) is 5.34. The van der Waals surface area contributed by atoms with Gasteiger partial charge in [-0.05, 0) is 41.3 Å². The third-order valence-electron chi connectivity index (χ3n) is 4.63. The molecule has 2 rings (SSSR count). The van der Waals surface area contributed by atoms with E-state index in [-0.39, 0.29) is 11.1 Å². The van der Waals surface area contributed by atoms with Crippen LogP contribution < -0.4 is 0 Å². The molecular formula is C18H26OSi. The van der Waals surface area contributed by atoms with Crippen molar-refractivity contribution in [3.05, 3.63) is 54.1 Å². The molecule has 0 saturated heterocycles. The minimum Gasteiger partial charge on any atom is -0.410 e. The molecule has 0 heterocycles. The van der Waals surface area contributed by atoms with Crippen molar-refractivity contribution in [1.29, 1.82) is 0 Å². The van der Waals surface area contributed by atoms with Gasteiger partial charge in [0, 0.05) is 0 Å². The molecule has 2 heteroatoms. The summed E-state index contributed by atoms with van der Waals surface area (Å²) < 4.78 is 6.62. The Morgan fingerprint density at radius 3 is 2.50 bits per heavy atom. The average Bonchev–Trinajstić information content (AvgIpc) is 2.37. The highest BCUT2D eigenvalue weighted by molar-refractivity contribution is 6.74. The fourth-order valence-corrected chi connectivity index (χ4v) is 3.64. The van der Waals surface area contributed by atoms with Crippen LogP contribution in [0.3, 0.4) is 0 Å². The number of hydrogen-bond donors (Lipinski definition) is 0. The van der Waals surface area contributed by atoms with Crippen LogP contribution >= 0.6 is 0 Å². The fraction of sp³-hybridized carbons (Fsp3) is 0.444. The van der Waals surface area contributed by atoms with E-state index < -0.39 is 8.32 Å². The molecule has 0 saturated carbocycles. The van der Waals surface area contributed by atoms with Crippen LogP contribution in [0.5, 0.6) is 0 Å². The van der Waals surface area contributed by atoms with Crippen LogP contribution in [0.15, 0.2) is 43.0 Å². The maximum absolute atomic E-state index is 6.62. The first-order chi connectivity index (χ1) is 9.26. The first-order valence-electron chi connectivity index (χ1n) is 7.36. The molecule has 0 bridgehead atoms. The Bertz CT molecular complexity index is 535. The van der Waals surface area contributed by atoms with E-state index in [0.717, 1.165) is 6.42 Å². The van der Waals surface area contributed by atoms with E-state index in [2.05, 4.69) is 70.8 Å². The van der Waals surface area contributed by atoms with Crippen molar-refractivity contribution in [2.24, 2.45) is 0 Å². The molecule has 1 atom stereocenters. The predicted octanol–water partition coefficient (Wildman–Crippen LogP) is 5.72. The van der Waals surface area contributed by atoms with Gasteiger partial charge >= 0.3 is 0 Å². The number of hydrogen-bond acceptors (Lipinski definition) is 1. The molecule has 0 aliphatic heterocycles. The summed E-state index contributed by atoms with van der Waals surface area (Å²) in [5, 5.41) is 0.240. The maximum atomic E-state index is 6.62. The van der Waals surface area contributed by atoms with Crippen molar-refractivity contribution in [1.82, 2.24) is 0 Å². The van der Waals surface area contributed by atoms with Crippen molar-refractivity contribution in [3.63, 3.8) is 0 Å². The Balaban J connectivity index is 2.33. The van der Waals surface area contributed by atoms with Gasteiger partial charge in [0.2, 0.25) is 0 Å². The van der Waals surface area contributed by atoms with Gasteiger partial charge in [0.25, 0.3) is 0 Å². The van der Waals surface area contributed by atoms with E-state index in [1.54, 1.807) is 0 Å². The highest BCUT2D eigenvalue weighted by atomic mass is 28.4. The van der Waals surface area contributed by atoms with Crippen LogP contribution in [0.2, 0.25) is 18.1 Å². The summed E-state index contributed by atoms with van der Waals surface area (Å²) in [5.74, 6) is 0. The Morgan fingerprint density at radius 2 is 1.90 bits per heavy atom. The lowest BCUT2D eigenvalue weighted by molar-refractivity contribution is 0.185. The molecule has 1 aliphatic carbocycles. The summed E-state index contributed by atoms with van der Waals surface area (Å²) in [6.07, 6.45) is 5.34.